The molecule has 4 rings (SSSR count). The van der Waals surface area contributed by atoms with Crippen molar-refractivity contribution in [3.63, 3.8) is 0 Å². The molecule has 0 bridgehead atoms. The van der Waals surface area contributed by atoms with Crippen molar-refractivity contribution in [2.24, 2.45) is 0 Å². The monoisotopic (exact) mass is 433 g/mol. The van der Waals surface area contributed by atoms with Gasteiger partial charge in [-0.15, -0.1) is 11.3 Å². The molecule has 3 aromatic heterocycles. The minimum absolute atomic E-state index is 0.110. The number of carbonyl (C=O) groups is 2. The van der Waals surface area contributed by atoms with Crippen molar-refractivity contribution in [1.29, 1.82) is 0 Å². The van der Waals surface area contributed by atoms with Gasteiger partial charge in [0.15, 0.2) is 0 Å². The number of pyridine rings is 1. The summed E-state index contributed by atoms with van der Waals surface area (Å²) in [4.78, 5) is 29.9. The highest BCUT2D eigenvalue weighted by Gasteiger charge is 2.23. The third kappa shape index (κ3) is 4.09. The lowest BCUT2D eigenvalue weighted by Crippen LogP contribution is -2.16. The average molecular weight is 434 g/mol. The molecule has 31 heavy (non-hydrogen) atoms. The van der Waals surface area contributed by atoms with E-state index in [0.717, 1.165) is 33.5 Å². The molecule has 3 heterocycles. The summed E-state index contributed by atoms with van der Waals surface area (Å²) in [7, 11) is 1.34. The minimum atomic E-state index is -0.476. The summed E-state index contributed by atoms with van der Waals surface area (Å²) in [6, 6.07) is 10.0. The minimum Gasteiger partial charge on any atom is -0.465 e. The number of methoxy groups -OCH3 is 1. The van der Waals surface area contributed by atoms with Gasteiger partial charge in [0, 0.05) is 23.3 Å². The van der Waals surface area contributed by atoms with Crippen molar-refractivity contribution in [2.45, 2.75) is 27.2 Å². The maximum atomic E-state index is 12.8. The smallest absolute Gasteiger partial charge is 0.341 e. The standard InChI is InChI=1S/C24H23N3O3S/c1-14-7-8-15(2)18(10-14)19-13-31-23(21(19)24(29)30-4)26-20(28)11-17-12-27-9-5-6-16(3)22(27)25-17/h5-10,12-13H,11H2,1-4H3,(H,26,28). The quantitative estimate of drug-likeness (QED) is 0.452. The Balaban J connectivity index is 1.63. The predicted octanol–water partition coefficient (Wildman–Crippen LogP) is 4.96. The van der Waals surface area contributed by atoms with E-state index < -0.39 is 5.97 Å². The van der Waals surface area contributed by atoms with Gasteiger partial charge >= 0.3 is 5.97 Å². The summed E-state index contributed by atoms with van der Waals surface area (Å²) < 4.78 is 6.93. The molecule has 0 aliphatic rings. The van der Waals surface area contributed by atoms with Crippen LogP contribution in [0, 0.1) is 20.8 Å². The van der Waals surface area contributed by atoms with E-state index in [1.807, 2.05) is 73.3 Å². The van der Waals surface area contributed by atoms with Crippen LogP contribution in [0.3, 0.4) is 0 Å². The summed E-state index contributed by atoms with van der Waals surface area (Å²) in [6.45, 7) is 5.98. The fourth-order valence-electron chi connectivity index (χ4n) is 3.60. The third-order valence-corrected chi connectivity index (χ3v) is 6.08. The highest BCUT2D eigenvalue weighted by molar-refractivity contribution is 7.15. The Labute approximate surface area is 184 Å². The van der Waals surface area contributed by atoms with Crippen molar-refractivity contribution >= 4 is 33.9 Å². The van der Waals surface area contributed by atoms with E-state index in [1.165, 1.54) is 18.4 Å². The summed E-state index contributed by atoms with van der Waals surface area (Å²) in [5.41, 5.74) is 6.76. The molecule has 0 atom stereocenters. The number of esters is 1. The zero-order valence-corrected chi connectivity index (χ0v) is 18.7. The Morgan fingerprint density at radius 3 is 2.68 bits per heavy atom. The highest BCUT2D eigenvalue weighted by Crippen LogP contribution is 2.38. The second kappa shape index (κ2) is 8.35. The molecule has 1 aromatic carbocycles. The summed E-state index contributed by atoms with van der Waals surface area (Å²) in [6.07, 6.45) is 3.86. The van der Waals surface area contributed by atoms with E-state index in [0.29, 0.717) is 16.3 Å². The fraction of sp³-hybridized carbons (Fsp3) is 0.208. The van der Waals surface area contributed by atoms with Crippen molar-refractivity contribution in [2.75, 3.05) is 12.4 Å². The van der Waals surface area contributed by atoms with Crippen molar-refractivity contribution < 1.29 is 14.3 Å². The van der Waals surface area contributed by atoms with Gasteiger partial charge in [0.2, 0.25) is 5.91 Å². The number of imidazole rings is 1. The van der Waals surface area contributed by atoms with Gasteiger partial charge in [0.1, 0.15) is 16.2 Å². The van der Waals surface area contributed by atoms with Gasteiger partial charge in [-0.2, -0.15) is 0 Å². The Morgan fingerprint density at radius 2 is 1.94 bits per heavy atom. The molecule has 0 aliphatic carbocycles. The molecule has 6 nitrogen and oxygen atoms in total. The molecule has 0 saturated carbocycles. The number of carbonyl (C=O) groups excluding carboxylic acids is 2. The molecular formula is C24H23N3O3S. The number of thiophene rings is 1. The van der Waals surface area contributed by atoms with Gasteiger partial charge in [0.25, 0.3) is 0 Å². The van der Waals surface area contributed by atoms with E-state index in [9.17, 15) is 9.59 Å². The number of nitrogens with zero attached hydrogens (tertiary/aromatic N) is 2. The van der Waals surface area contributed by atoms with Crippen molar-refractivity contribution in [3.8, 4) is 11.1 Å². The Bertz CT molecular complexity index is 1300. The number of fused-ring (bicyclic) bond motifs is 1. The van der Waals surface area contributed by atoms with Crippen LogP contribution in [0.4, 0.5) is 5.00 Å². The number of nitrogens with one attached hydrogen (secondary N) is 1. The molecule has 0 unspecified atom stereocenters. The van der Waals surface area contributed by atoms with Gasteiger partial charge < -0.3 is 14.5 Å². The number of aromatic nitrogens is 2. The highest BCUT2D eigenvalue weighted by atomic mass is 32.1. The van der Waals surface area contributed by atoms with Crippen LogP contribution in [0.1, 0.15) is 32.7 Å². The number of hydrogen-bond donors (Lipinski definition) is 1. The van der Waals surface area contributed by atoms with E-state index in [4.69, 9.17) is 4.74 Å². The SMILES string of the molecule is COC(=O)c1c(-c2cc(C)ccc2C)csc1NC(=O)Cc1cn2cccc(C)c2n1. The zero-order valence-electron chi connectivity index (χ0n) is 17.9. The number of hydrogen-bond acceptors (Lipinski definition) is 5. The van der Waals surface area contributed by atoms with Gasteiger partial charge in [-0.25, -0.2) is 9.78 Å². The maximum absolute atomic E-state index is 12.8. The number of anilines is 1. The van der Waals surface area contributed by atoms with Crippen LogP contribution in [-0.2, 0) is 16.0 Å². The molecule has 158 valence electrons. The molecule has 0 radical (unpaired) electrons. The fourth-order valence-corrected chi connectivity index (χ4v) is 4.57. The van der Waals surface area contributed by atoms with E-state index >= 15 is 0 Å². The van der Waals surface area contributed by atoms with E-state index in [1.54, 1.807) is 0 Å². The van der Waals surface area contributed by atoms with Crippen LogP contribution in [0.2, 0.25) is 0 Å². The summed E-state index contributed by atoms with van der Waals surface area (Å²) in [5.74, 6) is -0.712. The first kappa shape index (κ1) is 20.8. The van der Waals surface area contributed by atoms with Crippen LogP contribution in [0.15, 0.2) is 48.1 Å². The number of amides is 1. The van der Waals surface area contributed by atoms with Crippen LogP contribution in [-0.4, -0.2) is 28.4 Å². The first-order valence-corrected chi connectivity index (χ1v) is 10.8. The van der Waals surface area contributed by atoms with Crippen molar-refractivity contribution in [1.82, 2.24) is 9.38 Å². The molecule has 0 saturated heterocycles. The topological polar surface area (TPSA) is 72.7 Å². The van der Waals surface area contributed by atoms with E-state index in [-0.39, 0.29) is 12.3 Å². The van der Waals surface area contributed by atoms with Crippen LogP contribution in [0.25, 0.3) is 16.8 Å². The number of ether oxygens (including phenoxy) is 1. The van der Waals surface area contributed by atoms with Gasteiger partial charge in [0.05, 0.1) is 19.2 Å². The number of benzene rings is 1. The lowest BCUT2D eigenvalue weighted by atomic mass is 9.97. The first-order chi connectivity index (χ1) is 14.9. The zero-order chi connectivity index (χ0) is 22.1. The van der Waals surface area contributed by atoms with Crippen LogP contribution >= 0.6 is 11.3 Å². The van der Waals surface area contributed by atoms with E-state index in [2.05, 4.69) is 10.3 Å². The van der Waals surface area contributed by atoms with Gasteiger partial charge in [-0.1, -0.05) is 29.8 Å². The Morgan fingerprint density at radius 1 is 1.13 bits per heavy atom. The molecule has 1 amide bonds. The molecule has 4 aromatic rings. The summed E-state index contributed by atoms with van der Waals surface area (Å²) in [5, 5.41) is 5.25. The molecule has 0 spiro atoms. The predicted molar refractivity (Wildman–Crippen MR) is 123 cm³/mol. The summed E-state index contributed by atoms with van der Waals surface area (Å²) >= 11 is 1.32. The maximum Gasteiger partial charge on any atom is 0.341 e. The molecule has 1 N–H and O–H groups in total. The van der Waals surface area contributed by atoms with Gasteiger partial charge in [-0.05, 0) is 43.5 Å². The lowest BCUT2D eigenvalue weighted by molar-refractivity contribution is -0.115. The molecule has 0 fully saturated rings. The second-order valence-electron chi connectivity index (χ2n) is 7.54. The third-order valence-electron chi connectivity index (χ3n) is 5.19. The average Bonchev–Trinajstić information content (AvgIpc) is 3.33. The van der Waals surface area contributed by atoms with Crippen LogP contribution < -0.4 is 5.32 Å². The Kier molecular flexibility index (Phi) is 5.61. The lowest BCUT2D eigenvalue weighted by Gasteiger charge is -2.10. The molecular weight excluding hydrogens is 410 g/mol. The number of aryl methyl sites for hydroxylation is 3. The Hall–Kier alpha value is -3.45. The number of rotatable bonds is 5. The molecule has 7 heteroatoms. The first-order valence-electron chi connectivity index (χ1n) is 9.88. The molecule has 0 aliphatic heterocycles. The van der Waals surface area contributed by atoms with Gasteiger partial charge in [-0.3, -0.25) is 4.79 Å². The largest absolute Gasteiger partial charge is 0.465 e. The normalized spacial score (nSPS) is 11.0. The van der Waals surface area contributed by atoms with Crippen LogP contribution in [0.5, 0.6) is 0 Å². The second-order valence-corrected chi connectivity index (χ2v) is 8.42. The van der Waals surface area contributed by atoms with Crippen molar-refractivity contribution in [3.05, 3.63) is 76.1 Å².